The number of rotatable bonds is 1. The summed E-state index contributed by atoms with van der Waals surface area (Å²) in [5.74, 6) is -0.0636. The molecule has 112 valence electrons. The molecule has 0 bridgehead atoms. The Labute approximate surface area is 128 Å². The second kappa shape index (κ2) is 5.00. The van der Waals surface area contributed by atoms with Crippen molar-refractivity contribution in [1.82, 2.24) is 4.90 Å². The number of anilines is 1. The van der Waals surface area contributed by atoms with Crippen molar-refractivity contribution in [2.75, 3.05) is 18.8 Å². The summed E-state index contributed by atoms with van der Waals surface area (Å²) in [6.45, 7) is 4.85. The summed E-state index contributed by atoms with van der Waals surface area (Å²) in [7, 11) is 0. The van der Waals surface area contributed by atoms with E-state index in [4.69, 9.17) is 5.73 Å². The third-order valence-corrected chi connectivity index (χ3v) is 5.21. The number of nitrogen functional groups attached to an aromatic ring is 1. The van der Waals surface area contributed by atoms with Gasteiger partial charge in [-0.1, -0.05) is 11.6 Å². The van der Waals surface area contributed by atoms with Crippen LogP contribution in [0.4, 0.5) is 5.69 Å². The first-order valence-electron chi connectivity index (χ1n) is 7.18. The number of nitrogens with two attached hydrogens (primary N) is 1. The first-order chi connectivity index (χ1) is 9.87. The average molecular weight is 304 g/mol. The van der Waals surface area contributed by atoms with Gasteiger partial charge in [-0.15, -0.1) is 11.3 Å². The molecule has 3 N–H and O–H groups in total. The summed E-state index contributed by atoms with van der Waals surface area (Å²) in [5.41, 5.74) is 7.08. The highest BCUT2D eigenvalue weighted by atomic mass is 32.1. The first kappa shape index (κ1) is 14.4. The molecular weight excluding hydrogens is 284 g/mol. The fourth-order valence-electron chi connectivity index (χ4n) is 2.93. The van der Waals surface area contributed by atoms with Crippen LogP contribution in [0.2, 0.25) is 0 Å². The number of hydrogen-bond acceptors (Lipinski definition) is 4. The number of piperidine rings is 1. The maximum absolute atomic E-state index is 12.7. The van der Waals surface area contributed by atoms with Crippen molar-refractivity contribution in [2.45, 2.75) is 32.3 Å². The molecule has 0 saturated carbocycles. The van der Waals surface area contributed by atoms with Gasteiger partial charge in [0.1, 0.15) is 4.88 Å². The summed E-state index contributed by atoms with van der Waals surface area (Å²) in [6, 6.07) is 6.05. The zero-order valence-corrected chi connectivity index (χ0v) is 13.2. The minimum Gasteiger partial charge on any atom is -0.397 e. The number of aryl methyl sites for hydroxylation is 1. The van der Waals surface area contributed by atoms with Gasteiger partial charge in [-0.2, -0.15) is 0 Å². The number of carbonyl (C=O) groups is 1. The number of hydrogen-bond donors (Lipinski definition) is 2. The fraction of sp³-hybridized carbons (Fsp3) is 0.438. The standard InChI is InChI=1S/C16H20N2O2S/c1-10-4-5-12-11(8-10)13(17)14(21-12)15(19)18-7-3-6-16(2,20)9-18/h4-5,8,20H,3,6-7,9,17H2,1-2H3. The zero-order chi connectivity index (χ0) is 15.2. The molecule has 1 aromatic heterocycles. The normalized spacial score (nSPS) is 22.7. The summed E-state index contributed by atoms with van der Waals surface area (Å²) in [4.78, 5) is 15.0. The van der Waals surface area contributed by atoms with E-state index in [1.165, 1.54) is 11.3 Å². The minimum atomic E-state index is -0.796. The van der Waals surface area contributed by atoms with E-state index in [1.807, 2.05) is 25.1 Å². The van der Waals surface area contributed by atoms with Crippen LogP contribution in [0.5, 0.6) is 0 Å². The monoisotopic (exact) mass is 304 g/mol. The minimum absolute atomic E-state index is 0.0636. The number of thiophene rings is 1. The highest BCUT2D eigenvalue weighted by Crippen LogP contribution is 2.35. The molecule has 5 heteroatoms. The first-order valence-corrected chi connectivity index (χ1v) is 7.99. The lowest BCUT2D eigenvalue weighted by atomic mass is 9.95. The van der Waals surface area contributed by atoms with Crippen LogP contribution in [0.1, 0.15) is 35.0 Å². The molecule has 1 aromatic carbocycles. The van der Waals surface area contributed by atoms with Gasteiger partial charge < -0.3 is 15.7 Å². The van der Waals surface area contributed by atoms with Crippen LogP contribution in [0, 0.1) is 6.92 Å². The summed E-state index contributed by atoms with van der Waals surface area (Å²) < 4.78 is 1.03. The van der Waals surface area contributed by atoms with Crippen LogP contribution in [-0.4, -0.2) is 34.6 Å². The summed E-state index contributed by atoms with van der Waals surface area (Å²) in [5, 5.41) is 11.1. The smallest absolute Gasteiger partial charge is 0.266 e. The number of likely N-dealkylation sites (tertiary alicyclic amines) is 1. The summed E-state index contributed by atoms with van der Waals surface area (Å²) in [6.07, 6.45) is 1.56. The maximum atomic E-state index is 12.7. The van der Waals surface area contributed by atoms with Gasteiger partial charge in [0.15, 0.2) is 0 Å². The van der Waals surface area contributed by atoms with Gasteiger partial charge >= 0.3 is 0 Å². The van der Waals surface area contributed by atoms with Crippen LogP contribution in [-0.2, 0) is 0 Å². The molecule has 21 heavy (non-hydrogen) atoms. The number of benzene rings is 1. The second-order valence-electron chi connectivity index (χ2n) is 6.17. The van der Waals surface area contributed by atoms with Gasteiger partial charge in [-0.25, -0.2) is 0 Å². The van der Waals surface area contributed by atoms with Crippen LogP contribution < -0.4 is 5.73 Å². The summed E-state index contributed by atoms with van der Waals surface area (Å²) >= 11 is 1.44. The van der Waals surface area contributed by atoms with Gasteiger partial charge in [0.05, 0.1) is 11.3 Å². The number of nitrogens with zero attached hydrogens (tertiary/aromatic N) is 1. The van der Waals surface area contributed by atoms with E-state index in [9.17, 15) is 9.90 Å². The molecular formula is C16H20N2O2S. The SMILES string of the molecule is Cc1ccc2sc(C(=O)N3CCCC(C)(O)C3)c(N)c2c1. The lowest BCUT2D eigenvalue weighted by molar-refractivity contribution is -0.0105. The molecule has 1 aliphatic rings. The molecule has 0 aliphatic carbocycles. The van der Waals surface area contributed by atoms with Gasteiger partial charge in [0, 0.05) is 23.2 Å². The van der Waals surface area contributed by atoms with E-state index in [2.05, 4.69) is 0 Å². The predicted octanol–water partition coefficient (Wildman–Crippen LogP) is 2.78. The molecule has 2 heterocycles. The fourth-order valence-corrected chi connectivity index (χ4v) is 4.00. The molecule has 4 nitrogen and oxygen atoms in total. The van der Waals surface area contributed by atoms with Crippen LogP contribution in [0.15, 0.2) is 18.2 Å². The Morgan fingerprint density at radius 2 is 2.24 bits per heavy atom. The molecule has 1 atom stereocenters. The Morgan fingerprint density at radius 1 is 1.48 bits per heavy atom. The van der Waals surface area contributed by atoms with Crippen molar-refractivity contribution in [3.05, 3.63) is 28.6 Å². The van der Waals surface area contributed by atoms with Crippen molar-refractivity contribution < 1.29 is 9.90 Å². The van der Waals surface area contributed by atoms with E-state index < -0.39 is 5.60 Å². The zero-order valence-electron chi connectivity index (χ0n) is 12.3. The largest absolute Gasteiger partial charge is 0.397 e. The highest BCUT2D eigenvalue weighted by molar-refractivity contribution is 7.21. The Kier molecular flexibility index (Phi) is 3.42. The highest BCUT2D eigenvalue weighted by Gasteiger charge is 2.32. The predicted molar refractivity (Wildman–Crippen MR) is 86.7 cm³/mol. The quantitative estimate of drug-likeness (QED) is 0.851. The molecule has 3 rings (SSSR count). The van der Waals surface area contributed by atoms with E-state index >= 15 is 0 Å². The van der Waals surface area contributed by atoms with E-state index in [1.54, 1.807) is 11.8 Å². The lowest BCUT2D eigenvalue weighted by Crippen LogP contribution is -2.48. The molecule has 0 spiro atoms. The molecule has 1 amide bonds. The van der Waals surface area contributed by atoms with Gasteiger partial charge in [-0.3, -0.25) is 4.79 Å². The van der Waals surface area contributed by atoms with Gasteiger partial charge in [0.2, 0.25) is 0 Å². The van der Waals surface area contributed by atoms with E-state index in [-0.39, 0.29) is 5.91 Å². The Bertz CT molecular complexity index is 706. The molecule has 1 aliphatic heterocycles. The van der Waals surface area contributed by atoms with Crippen molar-refractivity contribution in [1.29, 1.82) is 0 Å². The van der Waals surface area contributed by atoms with E-state index in [0.29, 0.717) is 23.7 Å². The Morgan fingerprint density at radius 3 is 2.95 bits per heavy atom. The number of aliphatic hydroxyl groups is 1. The number of β-amino-alcohol motifs (C(OH)–C–C–N with tert-alkyl or cyclic N) is 1. The molecule has 2 aromatic rings. The lowest BCUT2D eigenvalue weighted by Gasteiger charge is -2.36. The second-order valence-corrected chi connectivity index (χ2v) is 7.22. The maximum Gasteiger partial charge on any atom is 0.266 e. The molecule has 1 fully saturated rings. The number of amides is 1. The Balaban J connectivity index is 1.96. The van der Waals surface area contributed by atoms with Crippen molar-refractivity contribution >= 4 is 33.0 Å². The van der Waals surface area contributed by atoms with Crippen LogP contribution in [0.25, 0.3) is 10.1 Å². The third kappa shape index (κ3) is 2.63. The van der Waals surface area contributed by atoms with Crippen LogP contribution in [0.3, 0.4) is 0 Å². The molecule has 1 unspecified atom stereocenters. The number of fused-ring (bicyclic) bond motifs is 1. The van der Waals surface area contributed by atoms with Crippen molar-refractivity contribution in [3.8, 4) is 0 Å². The van der Waals surface area contributed by atoms with Crippen molar-refractivity contribution in [2.24, 2.45) is 0 Å². The van der Waals surface area contributed by atoms with E-state index in [0.717, 1.165) is 28.5 Å². The van der Waals surface area contributed by atoms with Crippen LogP contribution >= 0.6 is 11.3 Å². The number of carbonyl (C=O) groups excluding carboxylic acids is 1. The third-order valence-electron chi connectivity index (χ3n) is 4.04. The van der Waals surface area contributed by atoms with Crippen molar-refractivity contribution in [3.63, 3.8) is 0 Å². The van der Waals surface area contributed by atoms with Gasteiger partial charge in [0.25, 0.3) is 5.91 Å². The Hall–Kier alpha value is -1.59. The topological polar surface area (TPSA) is 66.6 Å². The molecule has 0 radical (unpaired) electrons. The van der Waals surface area contributed by atoms with Gasteiger partial charge in [-0.05, 0) is 38.8 Å². The average Bonchev–Trinajstić information content (AvgIpc) is 2.74. The molecule has 1 saturated heterocycles.